The first kappa shape index (κ1) is 24.8. The zero-order valence-electron chi connectivity index (χ0n) is 21.8. The molecular formula is C32H27N3O3S. The van der Waals surface area contributed by atoms with E-state index in [-0.39, 0.29) is 12.2 Å². The number of rotatable bonds is 6. The third kappa shape index (κ3) is 4.15. The molecule has 1 unspecified atom stereocenters. The van der Waals surface area contributed by atoms with Gasteiger partial charge < -0.3 is 9.30 Å². The number of benzene rings is 3. The van der Waals surface area contributed by atoms with Gasteiger partial charge in [0.15, 0.2) is 4.80 Å². The van der Waals surface area contributed by atoms with Gasteiger partial charge in [-0.2, -0.15) is 0 Å². The summed E-state index contributed by atoms with van der Waals surface area (Å²) in [5.41, 5.74) is 3.63. The Kier molecular flexibility index (Phi) is 6.37. The Morgan fingerprint density at radius 3 is 2.62 bits per heavy atom. The molecule has 0 saturated heterocycles. The number of aromatic nitrogens is 2. The first-order valence-corrected chi connectivity index (χ1v) is 13.7. The molecule has 7 heteroatoms. The molecule has 39 heavy (non-hydrogen) atoms. The number of para-hydroxylation sites is 1. The average Bonchev–Trinajstić information content (AvgIpc) is 3.44. The molecule has 0 radical (unpaired) electrons. The van der Waals surface area contributed by atoms with E-state index in [2.05, 4.69) is 23.3 Å². The van der Waals surface area contributed by atoms with Gasteiger partial charge in [0.05, 0.1) is 28.5 Å². The number of allylic oxidation sites excluding steroid dienone is 2. The number of esters is 1. The van der Waals surface area contributed by atoms with Crippen molar-refractivity contribution in [2.75, 3.05) is 6.61 Å². The first-order chi connectivity index (χ1) is 19.0. The Morgan fingerprint density at radius 1 is 1.08 bits per heavy atom. The van der Waals surface area contributed by atoms with Crippen molar-refractivity contribution in [2.45, 2.75) is 26.4 Å². The number of hydrogen-bond acceptors (Lipinski definition) is 5. The van der Waals surface area contributed by atoms with E-state index in [9.17, 15) is 9.59 Å². The monoisotopic (exact) mass is 533 g/mol. The van der Waals surface area contributed by atoms with E-state index in [4.69, 9.17) is 9.73 Å². The SMILES string of the molecule is C=CCn1cc(C=c2sc3n(c2=O)C(c2cccc4ccccc24)C(C(=O)OCC)=C(C)N=3)c2ccccc21. The summed E-state index contributed by atoms with van der Waals surface area (Å²) in [5.74, 6) is -0.460. The zero-order valence-corrected chi connectivity index (χ0v) is 22.6. The number of ether oxygens (including phenoxy) is 1. The van der Waals surface area contributed by atoms with Crippen molar-refractivity contribution in [3.8, 4) is 0 Å². The number of nitrogens with zero attached hydrogens (tertiary/aromatic N) is 3. The minimum Gasteiger partial charge on any atom is -0.463 e. The highest BCUT2D eigenvalue weighted by atomic mass is 32.1. The van der Waals surface area contributed by atoms with Crippen LogP contribution in [0.4, 0.5) is 0 Å². The van der Waals surface area contributed by atoms with Crippen molar-refractivity contribution in [3.05, 3.63) is 128 Å². The summed E-state index contributed by atoms with van der Waals surface area (Å²) in [7, 11) is 0. The van der Waals surface area contributed by atoms with Gasteiger partial charge in [0, 0.05) is 29.2 Å². The lowest BCUT2D eigenvalue weighted by molar-refractivity contribution is -0.139. The normalized spacial score (nSPS) is 15.4. The Morgan fingerprint density at radius 2 is 1.82 bits per heavy atom. The van der Waals surface area contributed by atoms with E-state index >= 15 is 0 Å². The first-order valence-electron chi connectivity index (χ1n) is 12.9. The summed E-state index contributed by atoms with van der Waals surface area (Å²) in [6.07, 6.45) is 5.82. The van der Waals surface area contributed by atoms with Crippen LogP contribution < -0.4 is 14.9 Å². The van der Waals surface area contributed by atoms with Gasteiger partial charge in [-0.3, -0.25) is 9.36 Å². The van der Waals surface area contributed by atoms with Crippen LogP contribution in [0.15, 0.2) is 107 Å². The second kappa shape index (κ2) is 10.0. The predicted molar refractivity (Wildman–Crippen MR) is 156 cm³/mol. The Labute approximate surface area is 229 Å². The van der Waals surface area contributed by atoms with Gasteiger partial charge in [-0.1, -0.05) is 78.1 Å². The van der Waals surface area contributed by atoms with Crippen LogP contribution in [-0.2, 0) is 16.1 Å². The third-order valence-corrected chi connectivity index (χ3v) is 8.05. The molecule has 6 nitrogen and oxygen atoms in total. The molecule has 0 bridgehead atoms. The summed E-state index contributed by atoms with van der Waals surface area (Å²) >= 11 is 1.34. The summed E-state index contributed by atoms with van der Waals surface area (Å²) in [6.45, 7) is 8.36. The van der Waals surface area contributed by atoms with Gasteiger partial charge in [0.1, 0.15) is 0 Å². The molecular weight excluding hydrogens is 506 g/mol. The van der Waals surface area contributed by atoms with Gasteiger partial charge in [0.25, 0.3) is 5.56 Å². The molecule has 0 spiro atoms. The van der Waals surface area contributed by atoms with Gasteiger partial charge >= 0.3 is 5.97 Å². The number of thiazole rings is 1. The smallest absolute Gasteiger partial charge is 0.338 e. The van der Waals surface area contributed by atoms with E-state index in [0.29, 0.717) is 27.1 Å². The zero-order chi connectivity index (χ0) is 27.1. The van der Waals surface area contributed by atoms with Crippen LogP contribution in [-0.4, -0.2) is 21.7 Å². The second-order valence-electron chi connectivity index (χ2n) is 9.41. The lowest BCUT2D eigenvalue weighted by Gasteiger charge is -2.25. The molecule has 1 aliphatic heterocycles. The number of fused-ring (bicyclic) bond motifs is 3. The molecule has 6 rings (SSSR count). The maximum atomic E-state index is 14.1. The van der Waals surface area contributed by atoms with Crippen molar-refractivity contribution < 1.29 is 9.53 Å². The van der Waals surface area contributed by atoms with Crippen molar-refractivity contribution in [3.63, 3.8) is 0 Å². The van der Waals surface area contributed by atoms with Crippen LogP contribution in [0.2, 0.25) is 0 Å². The van der Waals surface area contributed by atoms with E-state index in [1.54, 1.807) is 11.5 Å². The van der Waals surface area contributed by atoms with Crippen LogP contribution in [0.3, 0.4) is 0 Å². The molecule has 5 aromatic rings. The maximum Gasteiger partial charge on any atom is 0.338 e. The van der Waals surface area contributed by atoms with Gasteiger partial charge in [0.2, 0.25) is 0 Å². The Bertz CT molecular complexity index is 1990. The van der Waals surface area contributed by atoms with Gasteiger partial charge in [-0.05, 0) is 42.3 Å². The highest BCUT2D eigenvalue weighted by Gasteiger charge is 2.34. The molecule has 1 atom stereocenters. The highest BCUT2D eigenvalue weighted by Crippen LogP contribution is 2.34. The summed E-state index contributed by atoms with van der Waals surface area (Å²) < 4.78 is 9.78. The molecule has 2 aromatic heterocycles. The largest absolute Gasteiger partial charge is 0.463 e. The molecule has 1 aliphatic rings. The number of carbonyl (C=O) groups excluding carboxylic acids is 1. The van der Waals surface area contributed by atoms with Crippen molar-refractivity contribution in [1.29, 1.82) is 0 Å². The van der Waals surface area contributed by atoms with Gasteiger partial charge in [-0.15, -0.1) is 6.58 Å². The second-order valence-corrected chi connectivity index (χ2v) is 10.4. The molecule has 0 fully saturated rings. The predicted octanol–water partition coefficient (Wildman–Crippen LogP) is 5.09. The lowest BCUT2D eigenvalue weighted by atomic mass is 9.91. The minimum absolute atomic E-state index is 0.188. The minimum atomic E-state index is -0.657. The third-order valence-electron chi connectivity index (χ3n) is 7.07. The summed E-state index contributed by atoms with van der Waals surface area (Å²) in [6, 6.07) is 21.4. The van der Waals surface area contributed by atoms with Crippen LogP contribution in [0.1, 0.15) is 31.0 Å². The topological polar surface area (TPSA) is 65.6 Å². The van der Waals surface area contributed by atoms with Crippen LogP contribution in [0.5, 0.6) is 0 Å². The summed E-state index contributed by atoms with van der Waals surface area (Å²) in [5, 5.41) is 3.06. The lowest BCUT2D eigenvalue weighted by Crippen LogP contribution is -2.40. The van der Waals surface area contributed by atoms with E-state index in [1.165, 1.54) is 11.3 Å². The molecule has 3 aromatic carbocycles. The number of hydrogen-bond donors (Lipinski definition) is 0. The van der Waals surface area contributed by atoms with Crippen LogP contribution in [0.25, 0.3) is 27.8 Å². The average molecular weight is 534 g/mol. The van der Waals surface area contributed by atoms with E-state index in [1.807, 2.05) is 79.9 Å². The molecule has 3 heterocycles. The molecule has 0 aliphatic carbocycles. The quantitative estimate of drug-likeness (QED) is 0.226. The van der Waals surface area contributed by atoms with Crippen molar-refractivity contribution in [2.24, 2.45) is 4.99 Å². The Balaban J connectivity index is 1.62. The number of carbonyl (C=O) groups is 1. The van der Waals surface area contributed by atoms with Crippen LogP contribution >= 0.6 is 11.3 Å². The van der Waals surface area contributed by atoms with Crippen LogP contribution in [0, 0.1) is 0 Å². The standard InChI is InChI=1S/C32H27N3O3S/c1-4-17-34-19-22(24-14-8-9-16-26(24)34)18-27-30(36)35-29(25-15-10-12-21-11-6-7-13-23(21)25)28(31(37)38-5-2)20(3)33-32(35)39-27/h4,6-16,18-19,29H,1,5,17H2,2-3H3. The fraction of sp³-hybridized carbons (Fsp3) is 0.156. The van der Waals surface area contributed by atoms with Crippen molar-refractivity contribution in [1.82, 2.24) is 9.13 Å². The fourth-order valence-corrected chi connectivity index (χ4v) is 6.43. The molecule has 0 amide bonds. The van der Waals surface area contributed by atoms with Crippen molar-refractivity contribution >= 4 is 45.1 Å². The Hall–Kier alpha value is -4.49. The van der Waals surface area contributed by atoms with Gasteiger partial charge in [-0.25, -0.2) is 9.79 Å². The van der Waals surface area contributed by atoms with E-state index < -0.39 is 12.0 Å². The maximum absolute atomic E-state index is 14.1. The molecule has 194 valence electrons. The molecule has 0 saturated carbocycles. The molecule has 0 N–H and O–H groups in total. The summed E-state index contributed by atoms with van der Waals surface area (Å²) in [4.78, 5) is 32.7. The highest BCUT2D eigenvalue weighted by molar-refractivity contribution is 7.07. The fourth-order valence-electron chi connectivity index (χ4n) is 5.40. The van der Waals surface area contributed by atoms with E-state index in [0.717, 1.165) is 32.8 Å².